The Morgan fingerprint density at radius 3 is 3.08 bits per heavy atom. The van der Waals surface area contributed by atoms with Crippen molar-refractivity contribution in [2.24, 2.45) is 5.92 Å². The Morgan fingerprint density at radius 1 is 1.83 bits per heavy atom. The Balaban J connectivity index is 2.39. The van der Waals surface area contributed by atoms with Crippen LogP contribution in [0.1, 0.15) is 26.2 Å². The summed E-state index contributed by atoms with van der Waals surface area (Å²) in [6.07, 6.45) is 4.33. The SMILES string of the molecule is CC(CC1=COCCC1)C(=O)O. The van der Waals surface area contributed by atoms with Gasteiger partial charge in [-0.05, 0) is 24.8 Å². The molecule has 1 rings (SSSR count). The summed E-state index contributed by atoms with van der Waals surface area (Å²) in [5.41, 5.74) is 1.12. The molecule has 1 heterocycles. The molecule has 0 spiro atoms. The number of carboxylic acids is 1. The van der Waals surface area contributed by atoms with Crippen molar-refractivity contribution in [2.75, 3.05) is 6.61 Å². The maximum Gasteiger partial charge on any atom is 0.306 e. The van der Waals surface area contributed by atoms with E-state index in [0.717, 1.165) is 25.0 Å². The van der Waals surface area contributed by atoms with Crippen LogP contribution in [0.25, 0.3) is 0 Å². The van der Waals surface area contributed by atoms with Gasteiger partial charge >= 0.3 is 5.97 Å². The molecule has 3 heteroatoms. The van der Waals surface area contributed by atoms with E-state index in [4.69, 9.17) is 9.84 Å². The van der Waals surface area contributed by atoms with Gasteiger partial charge in [-0.1, -0.05) is 6.92 Å². The number of hydrogen-bond donors (Lipinski definition) is 1. The number of aliphatic carboxylic acids is 1. The summed E-state index contributed by atoms with van der Waals surface area (Å²) in [5.74, 6) is -1.03. The first-order chi connectivity index (χ1) is 5.70. The summed E-state index contributed by atoms with van der Waals surface area (Å²) < 4.78 is 5.11. The second kappa shape index (κ2) is 4.14. The molecule has 0 saturated heterocycles. The summed E-state index contributed by atoms with van der Waals surface area (Å²) in [6, 6.07) is 0. The molecule has 0 radical (unpaired) electrons. The van der Waals surface area contributed by atoms with Crippen molar-refractivity contribution < 1.29 is 14.6 Å². The van der Waals surface area contributed by atoms with Gasteiger partial charge in [0.2, 0.25) is 0 Å². The largest absolute Gasteiger partial charge is 0.501 e. The first-order valence-corrected chi connectivity index (χ1v) is 4.22. The van der Waals surface area contributed by atoms with E-state index < -0.39 is 5.97 Å². The van der Waals surface area contributed by atoms with Crippen LogP contribution in [0.2, 0.25) is 0 Å². The van der Waals surface area contributed by atoms with Gasteiger partial charge in [-0.25, -0.2) is 0 Å². The molecule has 0 fully saturated rings. The molecular weight excluding hydrogens is 156 g/mol. The fraction of sp³-hybridized carbons (Fsp3) is 0.667. The Morgan fingerprint density at radius 2 is 2.58 bits per heavy atom. The first kappa shape index (κ1) is 9.10. The van der Waals surface area contributed by atoms with Crippen molar-refractivity contribution >= 4 is 5.97 Å². The van der Waals surface area contributed by atoms with Gasteiger partial charge in [0.1, 0.15) is 0 Å². The zero-order valence-electron chi connectivity index (χ0n) is 7.25. The third-order valence-corrected chi connectivity index (χ3v) is 2.00. The third kappa shape index (κ3) is 2.57. The highest BCUT2D eigenvalue weighted by Crippen LogP contribution is 2.19. The molecule has 3 nitrogen and oxygen atoms in total. The second-order valence-electron chi connectivity index (χ2n) is 3.19. The van der Waals surface area contributed by atoms with Gasteiger partial charge in [0.15, 0.2) is 0 Å². The highest BCUT2D eigenvalue weighted by atomic mass is 16.5. The number of rotatable bonds is 3. The monoisotopic (exact) mass is 170 g/mol. The van der Waals surface area contributed by atoms with Crippen LogP contribution in [-0.2, 0) is 9.53 Å². The van der Waals surface area contributed by atoms with Gasteiger partial charge in [-0.3, -0.25) is 4.79 Å². The number of ether oxygens (including phenoxy) is 1. The van der Waals surface area contributed by atoms with Crippen LogP contribution < -0.4 is 0 Å². The third-order valence-electron chi connectivity index (χ3n) is 2.00. The number of carbonyl (C=O) groups is 1. The zero-order chi connectivity index (χ0) is 8.97. The number of hydrogen-bond acceptors (Lipinski definition) is 2. The van der Waals surface area contributed by atoms with Crippen LogP contribution in [0, 0.1) is 5.92 Å². The average molecular weight is 170 g/mol. The predicted octanol–water partition coefficient (Wildman–Crippen LogP) is 1.79. The predicted molar refractivity (Wildman–Crippen MR) is 44.7 cm³/mol. The average Bonchev–Trinajstić information content (AvgIpc) is 2.06. The van der Waals surface area contributed by atoms with E-state index >= 15 is 0 Å². The lowest BCUT2D eigenvalue weighted by molar-refractivity contribution is -0.141. The van der Waals surface area contributed by atoms with Crippen LogP contribution in [0.3, 0.4) is 0 Å². The normalized spacial score (nSPS) is 19.2. The Kier molecular flexibility index (Phi) is 3.14. The molecule has 12 heavy (non-hydrogen) atoms. The molecular formula is C9H14O3. The van der Waals surface area contributed by atoms with E-state index in [1.165, 1.54) is 0 Å². The Labute approximate surface area is 72.0 Å². The van der Waals surface area contributed by atoms with Gasteiger partial charge in [0.05, 0.1) is 18.8 Å². The number of carboxylic acid groups (broad SMARTS) is 1. The molecule has 0 amide bonds. The highest BCUT2D eigenvalue weighted by Gasteiger charge is 2.14. The van der Waals surface area contributed by atoms with Gasteiger partial charge in [-0.15, -0.1) is 0 Å². The van der Waals surface area contributed by atoms with Gasteiger partial charge < -0.3 is 9.84 Å². The van der Waals surface area contributed by atoms with Crippen LogP contribution in [0.5, 0.6) is 0 Å². The minimum atomic E-state index is -0.735. The van der Waals surface area contributed by atoms with Crippen molar-refractivity contribution in [3.63, 3.8) is 0 Å². The summed E-state index contributed by atoms with van der Waals surface area (Å²) in [7, 11) is 0. The van der Waals surface area contributed by atoms with Crippen molar-refractivity contribution in [3.8, 4) is 0 Å². The molecule has 1 atom stereocenters. The minimum absolute atomic E-state index is 0.294. The zero-order valence-corrected chi connectivity index (χ0v) is 7.25. The second-order valence-corrected chi connectivity index (χ2v) is 3.19. The first-order valence-electron chi connectivity index (χ1n) is 4.22. The Hall–Kier alpha value is -0.990. The maximum atomic E-state index is 10.5. The molecule has 0 aromatic rings. The minimum Gasteiger partial charge on any atom is -0.501 e. The van der Waals surface area contributed by atoms with Crippen LogP contribution in [-0.4, -0.2) is 17.7 Å². The lowest BCUT2D eigenvalue weighted by Crippen LogP contribution is -2.11. The lowest BCUT2D eigenvalue weighted by Gasteiger charge is -2.15. The quantitative estimate of drug-likeness (QED) is 0.702. The summed E-state index contributed by atoms with van der Waals surface area (Å²) in [5, 5.41) is 8.64. The molecule has 0 aromatic carbocycles. The summed E-state index contributed by atoms with van der Waals surface area (Å²) >= 11 is 0. The molecule has 1 N–H and O–H groups in total. The maximum absolute atomic E-state index is 10.5. The van der Waals surface area contributed by atoms with Gasteiger partial charge in [0.25, 0.3) is 0 Å². The van der Waals surface area contributed by atoms with Crippen LogP contribution in [0.4, 0.5) is 0 Å². The van der Waals surface area contributed by atoms with E-state index in [1.807, 2.05) is 0 Å². The van der Waals surface area contributed by atoms with Crippen molar-refractivity contribution in [1.29, 1.82) is 0 Å². The Bertz CT molecular complexity index is 196. The van der Waals surface area contributed by atoms with Crippen LogP contribution >= 0.6 is 0 Å². The molecule has 0 aromatic heterocycles. The highest BCUT2D eigenvalue weighted by molar-refractivity contribution is 5.69. The van der Waals surface area contributed by atoms with Crippen molar-refractivity contribution in [1.82, 2.24) is 0 Å². The van der Waals surface area contributed by atoms with Gasteiger partial charge in [0, 0.05) is 0 Å². The molecule has 0 aliphatic carbocycles. The standard InChI is InChI=1S/C9H14O3/c1-7(9(10)11)5-8-3-2-4-12-6-8/h6-7H,2-5H2,1H3,(H,10,11). The molecule has 0 saturated carbocycles. The van der Waals surface area contributed by atoms with E-state index in [1.54, 1.807) is 13.2 Å². The van der Waals surface area contributed by atoms with E-state index in [9.17, 15) is 4.79 Å². The number of allylic oxidation sites excluding steroid dienone is 1. The molecule has 0 bridgehead atoms. The summed E-state index contributed by atoms with van der Waals surface area (Å²) in [4.78, 5) is 10.5. The van der Waals surface area contributed by atoms with Crippen molar-refractivity contribution in [3.05, 3.63) is 11.8 Å². The molecule has 1 unspecified atom stereocenters. The fourth-order valence-corrected chi connectivity index (χ4v) is 1.25. The van der Waals surface area contributed by atoms with Crippen molar-refractivity contribution in [2.45, 2.75) is 26.2 Å². The molecule has 1 aliphatic heterocycles. The smallest absolute Gasteiger partial charge is 0.306 e. The molecule has 68 valence electrons. The van der Waals surface area contributed by atoms with E-state index in [0.29, 0.717) is 6.42 Å². The van der Waals surface area contributed by atoms with E-state index in [2.05, 4.69) is 0 Å². The van der Waals surface area contributed by atoms with Crippen LogP contribution in [0.15, 0.2) is 11.8 Å². The van der Waals surface area contributed by atoms with Gasteiger partial charge in [-0.2, -0.15) is 0 Å². The topological polar surface area (TPSA) is 46.5 Å². The van der Waals surface area contributed by atoms with E-state index in [-0.39, 0.29) is 5.92 Å². The summed E-state index contributed by atoms with van der Waals surface area (Å²) in [6.45, 7) is 2.49. The fourth-order valence-electron chi connectivity index (χ4n) is 1.25. The lowest BCUT2D eigenvalue weighted by atomic mass is 9.98. The molecule has 1 aliphatic rings.